The summed E-state index contributed by atoms with van der Waals surface area (Å²) < 4.78 is 4.70. The molecule has 4 heteroatoms. The number of hydrogen-bond donors (Lipinski definition) is 1. The highest BCUT2D eigenvalue weighted by Crippen LogP contribution is 2.23. The molecule has 88 valence electrons. The van der Waals surface area contributed by atoms with Crippen LogP contribution in [0, 0.1) is 0 Å². The molecule has 0 saturated carbocycles. The molecule has 1 heterocycles. The van der Waals surface area contributed by atoms with Crippen LogP contribution in [0.1, 0.15) is 28.3 Å². The van der Waals surface area contributed by atoms with Crippen molar-refractivity contribution < 1.29 is 9.53 Å². The quantitative estimate of drug-likeness (QED) is 0.805. The predicted molar refractivity (Wildman–Crippen MR) is 65.3 cm³/mol. The van der Waals surface area contributed by atoms with Gasteiger partial charge in [-0.15, -0.1) is 12.4 Å². The first-order valence-electron chi connectivity index (χ1n) is 5.20. The van der Waals surface area contributed by atoms with Gasteiger partial charge in [-0.25, -0.2) is 4.79 Å². The van der Waals surface area contributed by atoms with Crippen LogP contribution in [0.2, 0.25) is 0 Å². The second-order valence-corrected chi connectivity index (χ2v) is 3.81. The normalized spacial score (nSPS) is 18.9. The number of benzene rings is 1. The summed E-state index contributed by atoms with van der Waals surface area (Å²) in [6, 6.07) is 7.71. The third-order valence-electron chi connectivity index (χ3n) is 2.84. The number of halogens is 1. The Hall–Kier alpha value is -1.06. The Morgan fingerprint density at radius 1 is 1.50 bits per heavy atom. The average molecular weight is 242 g/mol. The van der Waals surface area contributed by atoms with Gasteiger partial charge in [-0.3, -0.25) is 0 Å². The molecule has 0 aliphatic carbocycles. The molecular formula is C12H16ClNO2. The van der Waals surface area contributed by atoms with Crippen LogP contribution >= 0.6 is 12.4 Å². The van der Waals surface area contributed by atoms with E-state index in [2.05, 4.69) is 11.4 Å². The number of rotatable bonds is 2. The number of nitrogens with one attached hydrogen (secondary N) is 1. The van der Waals surface area contributed by atoms with E-state index in [1.807, 2.05) is 12.1 Å². The van der Waals surface area contributed by atoms with Crippen molar-refractivity contribution in [1.29, 1.82) is 0 Å². The molecule has 0 amide bonds. The minimum Gasteiger partial charge on any atom is -0.465 e. The second kappa shape index (κ2) is 5.87. The molecule has 0 bridgehead atoms. The fourth-order valence-corrected chi connectivity index (χ4v) is 1.98. The van der Waals surface area contributed by atoms with Crippen molar-refractivity contribution in [2.45, 2.75) is 12.3 Å². The molecule has 1 saturated heterocycles. The van der Waals surface area contributed by atoms with Crippen molar-refractivity contribution in [3.8, 4) is 0 Å². The van der Waals surface area contributed by atoms with E-state index in [0.717, 1.165) is 19.5 Å². The van der Waals surface area contributed by atoms with Crippen LogP contribution in [0.4, 0.5) is 0 Å². The van der Waals surface area contributed by atoms with E-state index in [0.29, 0.717) is 11.5 Å². The number of ether oxygens (including phenoxy) is 1. The monoisotopic (exact) mass is 241 g/mol. The molecule has 16 heavy (non-hydrogen) atoms. The van der Waals surface area contributed by atoms with Gasteiger partial charge in [-0.2, -0.15) is 0 Å². The predicted octanol–water partition coefficient (Wildman–Crippen LogP) is 1.97. The van der Waals surface area contributed by atoms with Crippen LogP contribution in [0.3, 0.4) is 0 Å². The number of methoxy groups -OCH3 is 1. The van der Waals surface area contributed by atoms with E-state index in [9.17, 15) is 4.79 Å². The standard InChI is InChI=1S/C12H15NO2.ClH/c1-15-12(14)10-4-2-3-9(7-10)11-5-6-13-8-11;/h2-4,7,11,13H,5-6,8H2,1H3;1H. The van der Waals surface area contributed by atoms with Crippen molar-refractivity contribution in [1.82, 2.24) is 5.32 Å². The highest BCUT2D eigenvalue weighted by molar-refractivity contribution is 5.89. The van der Waals surface area contributed by atoms with E-state index in [-0.39, 0.29) is 18.4 Å². The molecule has 1 aliphatic rings. The maximum Gasteiger partial charge on any atom is 0.337 e. The molecule has 1 aromatic rings. The third-order valence-corrected chi connectivity index (χ3v) is 2.84. The fraction of sp³-hybridized carbons (Fsp3) is 0.417. The van der Waals surface area contributed by atoms with Crippen LogP contribution < -0.4 is 5.32 Å². The Morgan fingerprint density at radius 3 is 2.94 bits per heavy atom. The van der Waals surface area contributed by atoms with Crippen molar-refractivity contribution in [3.05, 3.63) is 35.4 Å². The van der Waals surface area contributed by atoms with Gasteiger partial charge in [0.15, 0.2) is 0 Å². The number of carbonyl (C=O) groups is 1. The van der Waals surface area contributed by atoms with Crippen LogP contribution in [-0.4, -0.2) is 26.2 Å². The van der Waals surface area contributed by atoms with Gasteiger partial charge in [0.1, 0.15) is 0 Å². The molecule has 0 spiro atoms. The molecule has 1 atom stereocenters. The maximum atomic E-state index is 11.3. The summed E-state index contributed by atoms with van der Waals surface area (Å²) in [5.74, 6) is 0.275. The number of esters is 1. The van der Waals surface area contributed by atoms with Gasteiger partial charge in [0.05, 0.1) is 12.7 Å². The lowest BCUT2D eigenvalue weighted by atomic mass is 9.97. The highest BCUT2D eigenvalue weighted by atomic mass is 35.5. The Labute approximate surface area is 102 Å². The summed E-state index contributed by atoms with van der Waals surface area (Å²) in [5, 5.41) is 3.32. The van der Waals surface area contributed by atoms with Gasteiger partial charge in [0.25, 0.3) is 0 Å². The highest BCUT2D eigenvalue weighted by Gasteiger charge is 2.17. The van der Waals surface area contributed by atoms with Crippen molar-refractivity contribution in [3.63, 3.8) is 0 Å². The van der Waals surface area contributed by atoms with E-state index in [4.69, 9.17) is 4.74 Å². The van der Waals surface area contributed by atoms with Crippen LogP contribution in [0.15, 0.2) is 24.3 Å². The van der Waals surface area contributed by atoms with Gasteiger partial charge in [-0.1, -0.05) is 12.1 Å². The summed E-state index contributed by atoms with van der Waals surface area (Å²) in [7, 11) is 1.41. The van der Waals surface area contributed by atoms with Crippen molar-refractivity contribution in [2.75, 3.05) is 20.2 Å². The third kappa shape index (κ3) is 2.74. The summed E-state index contributed by atoms with van der Waals surface area (Å²) in [6.07, 6.45) is 1.14. The summed E-state index contributed by atoms with van der Waals surface area (Å²) >= 11 is 0. The maximum absolute atomic E-state index is 11.3. The van der Waals surface area contributed by atoms with Gasteiger partial charge < -0.3 is 10.1 Å². The lowest BCUT2D eigenvalue weighted by Crippen LogP contribution is -2.08. The summed E-state index contributed by atoms with van der Waals surface area (Å²) in [5.41, 5.74) is 1.87. The van der Waals surface area contributed by atoms with E-state index < -0.39 is 0 Å². The molecule has 0 aromatic heterocycles. The Balaban J connectivity index is 0.00000128. The molecule has 1 fully saturated rings. The second-order valence-electron chi connectivity index (χ2n) is 3.81. The SMILES string of the molecule is COC(=O)c1cccc(C2CCNC2)c1.Cl. The molecule has 1 aromatic carbocycles. The van der Waals surface area contributed by atoms with Crippen LogP contribution in [0.5, 0.6) is 0 Å². The van der Waals surface area contributed by atoms with E-state index in [1.54, 1.807) is 6.07 Å². The Kier molecular flexibility index (Phi) is 4.77. The zero-order valence-electron chi connectivity index (χ0n) is 9.23. The molecule has 2 rings (SSSR count). The van der Waals surface area contributed by atoms with E-state index in [1.165, 1.54) is 12.7 Å². The minimum atomic E-state index is -0.261. The number of hydrogen-bond acceptors (Lipinski definition) is 3. The smallest absolute Gasteiger partial charge is 0.337 e. The Bertz CT molecular complexity index is 362. The lowest BCUT2D eigenvalue weighted by molar-refractivity contribution is 0.0600. The molecule has 1 N–H and O–H groups in total. The van der Waals surface area contributed by atoms with Crippen LogP contribution in [0.25, 0.3) is 0 Å². The van der Waals surface area contributed by atoms with Gasteiger partial charge in [-0.05, 0) is 36.6 Å². The average Bonchev–Trinajstić information content (AvgIpc) is 2.82. The first-order chi connectivity index (χ1) is 7.31. The van der Waals surface area contributed by atoms with Crippen molar-refractivity contribution >= 4 is 18.4 Å². The fourth-order valence-electron chi connectivity index (χ4n) is 1.98. The van der Waals surface area contributed by atoms with Gasteiger partial charge in [0.2, 0.25) is 0 Å². The lowest BCUT2D eigenvalue weighted by Gasteiger charge is -2.09. The minimum absolute atomic E-state index is 0. The van der Waals surface area contributed by atoms with Gasteiger partial charge >= 0.3 is 5.97 Å². The first kappa shape index (κ1) is 13.0. The molecule has 1 aliphatic heterocycles. The summed E-state index contributed by atoms with van der Waals surface area (Å²) in [4.78, 5) is 11.3. The first-order valence-corrected chi connectivity index (χ1v) is 5.20. The topological polar surface area (TPSA) is 38.3 Å². The molecule has 3 nitrogen and oxygen atoms in total. The zero-order valence-corrected chi connectivity index (χ0v) is 10.0. The van der Waals surface area contributed by atoms with Crippen LogP contribution in [-0.2, 0) is 4.74 Å². The number of carbonyl (C=O) groups excluding carboxylic acids is 1. The molecule has 0 radical (unpaired) electrons. The Morgan fingerprint density at radius 2 is 2.31 bits per heavy atom. The van der Waals surface area contributed by atoms with E-state index >= 15 is 0 Å². The largest absolute Gasteiger partial charge is 0.465 e. The molecule has 1 unspecified atom stereocenters. The summed E-state index contributed by atoms with van der Waals surface area (Å²) in [6.45, 7) is 2.07. The zero-order chi connectivity index (χ0) is 10.7. The van der Waals surface area contributed by atoms with Gasteiger partial charge in [0, 0.05) is 6.54 Å². The molecular weight excluding hydrogens is 226 g/mol. The van der Waals surface area contributed by atoms with Crippen molar-refractivity contribution in [2.24, 2.45) is 0 Å².